The van der Waals surface area contributed by atoms with Crippen molar-refractivity contribution in [3.05, 3.63) is 54.0 Å². The van der Waals surface area contributed by atoms with Gasteiger partial charge < -0.3 is 19.6 Å². The normalized spacial score (nSPS) is 12.3. The van der Waals surface area contributed by atoms with Crippen LogP contribution in [-0.2, 0) is 16.1 Å². The maximum Gasteiger partial charge on any atom is 0.238 e. The standard InChI is InChI=1S/C18H24N2O4/c1-14-5-7-15(8-6-14)19-18(22)11-20(2)10-16(21)12-23-13-17-4-3-9-24-17/h3-9,16,21H,10-13H2,1-2H3,(H,19,22). The minimum atomic E-state index is -0.669. The lowest BCUT2D eigenvalue weighted by Crippen LogP contribution is -2.37. The fourth-order valence-corrected chi connectivity index (χ4v) is 2.25. The first-order valence-corrected chi connectivity index (χ1v) is 7.86. The zero-order valence-electron chi connectivity index (χ0n) is 14.1. The lowest BCUT2D eigenvalue weighted by atomic mass is 10.2. The molecule has 0 fully saturated rings. The number of hydrogen-bond acceptors (Lipinski definition) is 5. The van der Waals surface area contributed by atoms with E-state index in [-0.39, 0.29) is 19.1 Å². The Morgan fingerprint density at radius 3 is 2.75 bits per heavy atom. The van der Waals surface area contributed by atoms with Crippen LogP contribution in [0.5, 0.6) is 0 Å². The Morgan fingerprint density at radius 2 is 2.08 bits per heavy atom. The van der Waals surface area contributed by atoms with E-state index in [0.29, 0.717) is 18.9 Å². The molecule has 0 aliphatic carbocycles. The number of amides is 1. The number of anilines is 1. The fraction of sp³-hybridized carbons (Fsp3) is 0.389. The zero-order chi connectivity index (χ0) is 17.4. The summed E-state index contributed by atoms with van der Waals surface area (Å²) in [4.78, 5) is 13.7. The molecule has 2 N–H and O–H groups in total. The Bertz CT molecular complexity index is 610. The van der Waals surface area contributed by atoms with Gasteiger partial charge in [0.05, 0.1) is 25.5 Å². The molecule has 0 saturated heterocycles. The van der Waals surface area contributed by atoms with Crippen LogP contribution in [-0.4, -0.2) is 48.8 Å². The summed E-state index contributed by atoms with van der Waals surface area (Å²) < 4.78 is 10.5. The van der Waals surface area contributed by atoms with E-state index in [0.717, 1.165) is 11.3 Å². The van der Waals surface area contributed by atoms with Gasteiger partial charge in [-0.25, -0.2) is 0 Å². The van der Waals surface area contributed by atoms with Crippen LogP contribution in [0.3, 0.4) is 0 Å². The van der Waals surface area contributed by atoms with Crippen LogP contribution in [0.15, 0.2) is 47.1 Å². The molecule has 1 aromatic carbocycles. The molecule has 0 aliphatic heterocycles. The van der Waals surface area contributed by atoms with Gasteiger partial charge in [-0.05, 0) is 38.2 Å². The Hall–Kier alpha value is -2.15. The van der Waals surface area contributed by atoms with E-state index in [9.17, 15) is 9.90 Å². The van der Waals surface area contributed by atoms with Crippen LogP contribution in [0, 0.1) is 6.92 Å². The van der Waals surface area contributed by atoms with Gasteiger partial charge in [0, 0.05) is 12.2 Å². The van der Waals surface area contributed by atoms with Crippen molar-refractivity contribution < 1.29 is 19.1 Å². The maximum absolute atomic E-state index is 12.0. The highest BCUT2D eigenvalue weighted by Gasteiger charge is 2.12. The van der Waals surface area contributed by atoms with Crippen molar-refractivity contribution in [2.45, 2.75) is 19.6 Å². The van der Waals surface area contributed by atoms with Crippen LogP contribution in [0.2, 0.25) is 0 Å². The topological polar surface area (TPSA) is 74.9 Å². The van der Waals surface area contributed by atoms with Crippen LogP contribution in [0.4, 0.5) is 5.69 Å². The van der Waals surface area contributed by atoms with Crippen molar-refractivity contribution in [2.75, 3.05) is 32.1 Å². The first kappa shape index (κ1) is 18.2. The number of benzene rings is 1. The summed E-state index contributed by atoms with van der Waals surface area (Å²) in [5.41, 5.74) is 1.91. The largest absolute Gasteiger partial charge is 0.467 e. The van der Waals surface area contributed by atoms with Crippen molar-refractivity contribution >= 4 is 11.6 Å². The SMILES string of the molecule is Cc1ccc(NC(=O)CN(C)CC(O)COCc2ccco2)cc1. The molecule has 0 spiro atoms. The van der Waals surface area contributed by atoms with Gasteiger partial charge in [-0.2, -0.15) is 0 Å². The monoisotopic (exact) mass is 332 g/mol. The van der Waals surface area contributed by atoms with Crippen LogP contribution in [0.25, 0.3) is 0 Å². The second kappa shape index (κ2) is 9.22. The third-order valence-corrected chi connectivity index (χ3v) is 3.41. The number of rotatable bonds is 9. The van der Waals surface area contributed by atoms with Crippen molar-refractivity contribution in [2.24, 2.45) is 0 Å². The smallest absolute Gasteiger partial charge is 0.238 e. The molecule has 0 bridgehead atoms. The number of aliphatic hydroxyl groups is 1. The molecular weight excluding hydrogens is 308 g/mol. The van der Waals surface area contributed by atoms with Gasteiger partial charge >= 0.3 is 0 Å². The first-order chi connectivity index (χ1) is 11.5. The summed E-state index contributed by atoms with van der Waals surface area (Å²) >= 11 is 0. The third kappa shape index (κ3) is 6.54. The van der Waals surface area contributed by atoms with Crippen molar-refractivity contribution in [3.63, 3.8) is 0 Å². The van der Waals surface area contributed by atoms with E-state index in [4.69, 9.17) is 9.15 Å². The second-order valence-corrected chi connectivity index (χ2v) is 5.86. The molecule has 0 radical (unpaired) electrons. The van der Waals surface area contributed by atoms with Crippen molar-refractivity contribution in [3.8, 4) is 0 Å². The number of nitrogens with zero attached hydrogens (tertiary/aromatic N) is 1. The number of ether oxygens (including phenoxy) is 1. The highest BCUT2D eigenvalue weighted by molar-refractivity contribution is 5.92. The average Bonchev–Trinajstić information content (AvgIpc) is 3.02. The molecule has 2 aromatic rings. The third-order valence-electron chi connectivity index (χ3n) is 3.41. The fourth-order valence-electron chi connectivity index (χ4n) is 2.25. The minimum Gasteiger partial charge on any atom is -0.467 e. The second-order valence-electron chi connectivity index (χ2n) is 5.86. The maximum atomic E-state index is 12.0. The molecular formula is C18H24N2O4. The molecule has 0 saturated carbocycles. The summed E-state index contributed by atoms with van der Waals surface area (Å²) in [6, 6.07) is 11.2. The lowest BCUT2D eigenvalue weighted by molar-refractivity contribution is -0.117. The van der Waals surface area contributed by atoms with E-state index in [1.54, 1.807) is 24.3 Å². The predicted molar refractivity (Wildman–Crippen MR) is 91.7 cm³/mol. The highest BCUT2D eigenvalue weighted by Crippen LogP contribution is 2.08. The number of carbonyl (C=O) groups is 1. The van der Waals surface area contributed by atoms with Gasteiger partial charge in [-0.1, -0.05) is 17.7 Å². The van der Waals surface area contributed by atoms with E-state index in [1.807, 2.05) is 37.3 Å². The number of carbonyl (C=O) groups excluding carboxylic acids is 1. The van der Waals surface area contributed by atoms with Crippen molar-refractivity contribution in [1.82, 2.24) is 4.90 Å². The average molecular weight is 332 g/mol. The van der Waals surface area contributed by atoms with Crippen LogP contribution >= 0.6 is 0 Å². The minimum absolute atomic E-state index is 0.120. The number of aryl methyl sites for hydroxylation is 1. The molecule has 1 heterocycles. The molecule has 1 unspecified atom stereocenters. The van der Waals surface area contributed by atoms with Crippen LogP contribution in [0.1, 0.15) is 11.3 Å². The summed E-state index contributed by atoms with van der Waals surface area (Å²) in [6.45, 7) is 3.05. The Balaban J connectivity index is 1.64. The molecule has 130 valence electrons. The number of hydrogen-bond donors (Lipinski definition) is 2. The molecule has 6 heteroatoms. The Labute approximate surface area is 142 Å². The molecule has 1 atom stereocenters. The predicted octanol–water partition coefficient (Wildman–Crippen LogP) is 2.04. The van der Waals surface area contributed by atoms with E-state index < -0.39 is 6.10 Å². The van der Waals surface area contributed by atoms with Gasteiger partial charge in [0.15, 0.2) is 0 Å². The summed E-state index contributed by atoms with van der Waals surface area (Å²) in [7, 11) is 1.78. The van der Waals surface area contributed by atoms with Crippen molar-refractivity contribution in [1.29, 1.82) is 0 Å². The molecule has 6 nitrogen and oxygen atoms in total. The van der Waals surface area contributed by atoms with Gasteiger partial charge in [0.25, 0.3) is 0 Å². The zero-order valence-corrected chi connectivity index (χ0v) is 14.1. The highest BCUT2D eigenvalue weighted by atomic mass is 16.5. The Morgan fingerprint density at radius 1 is 1.33 bits per heavy atom. The molecule has 24 heavy (non-hydrogen) atoms. The molecule has 1 amide bonds. The van der Waals surface area contributed by atoms with Crippen LogP contribution < -0.4 is 5.32 Å². The van der Waals surface area contributed by atoms with E-state index in [2.05, 4.69) is 5.32 Å². The number of furan rings is 1. The number of nitrogens with one attached hydrogen (secondary N) is 1. The van der Waals surface area contributed by atoms with Gasteiger partial charge in [-0.3, -0.25) is 9.69 Å². The summed E-state index contributed by atoms with van der Waals surface area (Å²) in [5, 5.41) is 12.8. The van der Waals surface area contributed by atoms with Gasteiger partial charge in [0.1, 0.15) is 12.4 Å². The van der Waals surface area contributed by atoms with Gasteiger partial charge in [0.2, 0.25) is 5.91 Å². The van der Waals surface area contributed by atoms with Gasteiger partial charge in [-0.15, -0.1) is 0 Å². The summed E-state index contributed by atoms with van der Waals surface area (Å²) in [6.07, 6.45) is 0.910. The molecule has 0 aliphatic rings. The number of likely N-dealkylation sites (N-methyl/N-ethyl adjacent to an activating group) is 1. The molecule has 1 aromatic heterocycles. The van der Waals surface area contributed by atoms with E-state index >= 15 is 0 Å². The number of aliphatic hydroxyl groups excluding tert-OH is 1. The summed E-state index contributed by atoms with van der Waals surface area (Å²) in [5.74, 6) is 0.595. The first-order valence-electron chi connectivity index (χ1n) is 7.86. The molecule has 2 rings (SSSR count). The quantitative estimate of drug-likeness (QED) is 0.735. The van der Waals surface area contributed by atoms with E-state index in [1.165, 1.54) is 0 Å². The lowest BCUT2D eigenvalue weighted by Gasteiger charge is -2.20. The Kier molecular flexibility index (Phi) is 6.99.